The lowest BCUT2D eigenvalue weighted by molar-refractivity contribution is 0.0960. The van der Waals surface area contributed by atoms with Crippen LogP contribution in [0.5, 0.6) is 0 Å². The van der Waals surface area contributed by atoms with Gasteiger partial charge in [0.05, 0.1) is 0 Å². The standard InChI is InChI=1S/C24H29N5O/c1-17-9-11-21(12-10-17)24-25-27-29(26-24)16-23(30)22-15-18(2)28(19(22)3)14-13-20-7-5-4-6-8-20/h7,9-12,15H,4-6,8,13-14,16H2,1-3H3. The topological polar surface area (TPSA) is 65.6 Å². The highest BCUT2D eigenvalue weighted by atomic mass is 16.1. The van der Waals surface area contributed by atoms with Gasteiger partial charge in [0.2, 0.25) is 5.82 Å². The number of benzene rings is 1. The molecule has 1 aliphatic carbocycles. The van der Waals surface area contributed by atoms with Crippen molar-refractivity contribution in [1.82, 2.24) is 24.8 Å². The van der Waals surface area contributed by atoms with Crippen molar-refractivity contribution in [2.45, 2.75) is 66.0 Å². The van der Waals surface area contributed by atoms with E-state index in [0.717, 1.165) is 35.5 Å². The SMILES string of the molecule is Cc1ccc(-c2nnn(CC(=O)c3cc(C)n(CCC4=CCCCC4)c3C)n2)cc1. The van der Waals surface area contributed by atoms with E-state index in [9.17, 15) is 4.79 Å². The second kappa shape index (κ2) is 8.78. The molecule has 2 aromatic heterocycles. The van der Waals surface area contributed by atoms with E-state index in [2.05, 4.69) is 33.0 Å². The Labute approximate surface area is 177 Å². The number of ketones is 1. The van der Waals surface area contributed by atoms with Crippen molar-refractivity contribution in [3.05, 3.63) is 64.5 Å². The van der Waals surface area contributed by atoms with Crippen LogP contribution < -0.4 is 0 Å². The molecule has 3 aromatic rings. The summed E-state index contributed by atoms with van der Waals surface area (Å²) in [5.74, 6) is 0.549. The molecule has 0 N–H and O–H groups in total. The largest absolute Gasteiger partial charge is 0.348 e. The molecule has 4 rings (SSSR count). The summed E-state index contributed by atoms with van der Waals surface area (Å²) in [5.41, 5.74) is 6.52. The molecule has 0 spiro atoms. The highest BCUT2D eigenvalue weighted by molar-refractivity contribution is 5.97. The number of carbonyl (C=O) groups is 1. The van der Waals surface area contributed by atoms with E-state index in [1.165, 1.54) is 36.0 Å². The van der Waals surface area contributed by atoms with Crippen LogP contribution in [0.4, 0.5) is 0 Å². The minimum atomic E-state index is 0.0130. The summed E-state index contributed by atoms with van der Waals surface area (Å²) in [4.78, 5) is 14.3. The van der Waals surface area contributed by atoms with E-state index >= 15 is 0 Å². The quantitative estimate of drug-likeness (QED) is 0.418. The first-order chi connectivity index (χ1) is 14.5. The zero-order valence-corrected chi connectivity index (χ0v) is 18.1. The number of tetrazole rings is 1. The third-order valence-electron chi connectivity index (χ3n) is 5.96. The predicted octanol–water partition coefficient (Wildman–Crippen LogP) is 4.84. The van der Waals surface area contributed by atoms with Crippen molar-refractivity contribution >= 4 is 5.78 Å². The molecule has 6 nitrogen and oxygen atoms in total. The van der Waals surface area contributed by atoms with Gasteiger partial charge in [-0.1, -0.05) is 41.5 Å². The number of hydrogen-bond donors (Lipinski definition) is 0. The second-order valence-corrected chi connectivity index (χ2v) is 8.23. The van der Waals surface area contributed by atoms with Crippen LogP contribution in [-0.4, -0.2) is 30.6 Å². The molecule has 0 saturated heterocycles. The van der Waals surface area contributed by atoms with Gasteiger partial charge in [-0.2, -0.15) is 4.80 Å². The number of allylic oxidation sites excluding steroid dienone is 2. The van der Waals surface area contributed by atoms with Crippen molar-refractivity contribution in [2.75, 3.05) is 0 Å². The first-order valence-electron chi connectivity index (χ1n) is 10.7. The van der Waals surface area contributed by atoms with Crippen LogP contribution in [0.1, 0.15) is 59.4 Å². The van der Waals surface area contributed by atoms with E-state index < -0.39 is 0 Å². The van der Waals surface area contributed by atoms with Gasteiger partial charge < -0.3 is 4.57 Å². The first-order valence-corrected chi connectivity index (χ1v) is 10.7. The maximum atomic E-state index is 12.9. The van der Waals surface area contributed by atoms with Crippen LogP contribution in [0.2, 0.25) is 0 Å². The van der Waals surface area contributed by atoms with E-state index in [1.54, 1.807) is 5.57 Å². The monoisotopic (exact) mass is 403 g/mol. The van der Waals surface area contributed by atoms with Crippen LogP contribution in [-0.2, 0) is 13.1 Å². The lowest BCUT2D eigenvalue weighted by Gasteiger charge is -2.15. The molecule has 0 saturated carbocycles. The predicted molar refractivity (Wildman–Crippen MR) is 117 cm³/mol. The number of nitrogens with zero attached hydrogens (tertiary/aromatic N) is 5. The molecule has 6 heteroatoms. The maximum Gasteiger partial charge on any atom is 0.204 e. The van der Waals surface area contributed by atoms with Gasteiger partial charge in [-0.05, 0) is 64.2 Å². The lowest BCUT2D eigenvalue weighted by Crippen LogP contribution is -2.14. The van der Waals surface area contributed by atoms with E-state index in [-0.39, 0.29) is 12.3 Å². The summed E-state index contributed by atoms with van der Waals surface area (Å²) in [6.07, 6.45) is 8.49. The Kier molecular flexibility index (Phi) is 5.93. The molecular formula is C24H29N5O. The van der Waals surface area contributed by atoms with Crippen molar-refractivity contribution in [1.29, 1.82) is 0 Å². The van der Waals surface area contributed by atoms with E-state index in [0.29, 0.717) is 5.82 Å². The summed E-state index contributed by atoms with van der Waals surface area (Å²) in [5, 5.41) is 12.6. The average Bonchev–Trinajstić information content (AvgIpc) is 3.32. The number of hydrogen-bond acceptors (Lipinski definition) is 4. The van der Waals surface area contributed by atoms with Gasteiger partial charge in [0.15, 0.2) is 5.78 Å². The van der Waals surface area contributed by atoms with Gasteiger partial charge >= 0.3 is 0 Å². The number of aromatic nitrogens is 5. The maximum absolute atomic E-state index is 12.9. The Hall–Kier alpha value is -3.02. The lowest BCUT2D eigenvalue weighted by atomic mass is 9.97. The highest BCUT2D eigenvalue weighted by Gasteiger charge is 2.18. The minimum absolute atomic E-state index is 0.0130. The van der Waals surface area contributed by atoms with Crippen LogP contribution in [0.3, 0.4) is 0 Å². The molecule has 0 atom stereocenters. The molecule has 0 bridgehead atoms. The third-order valence-corrected chi connectivity index (χ3v) is 5.96. The van der Waals surface area contributed by atoms with Gasteiger partial charge in [-0.15, -0.1) is 10.2 Å². The fourth-order valence-corrected chi connectivity index (χ4v) is 4.16. The van der Waals surface area contributed by atoms with Gasteiger partial charge in [0.25, 0.3) is 0 Å². The molecule has 1 aromatic carbocycles. The van der Waals surface area contributed by atoms with Crippen molar-refractivity contribution in [2.24, 2.45) is 0 Å². The number of rotatable bonds is 7. The van der Waals surface area contributed by atoms with Gasteiger partial charge in [0.1, 0.15) is 6.54 Å². The van der Waals surface area contributed by atoms with Crippen molar-refractivity contribution < 1.29 is 4.79 Å². The smallest absolute Gasteiger partial charge is 0.204 e. The Morgan fingerprint density at radius 1 is 1.10 bits per heavy atom. The Morgan fingerprint density at radius 2 is 1.90 bits per heavy atom. The Bertz CT molecular complexity index is 1070. The fraction of sp³-hybridized carbons (Fsp3) is 0.417. The summed E-state index contributed by atoms with van der Waals surface area (Å²) in [6, 6.07) is 9.95. The Morgan fingerprint density at radius 3 is 2.63 bits per heavy atom. The number of aryl methyl sites for hydroxylation is 2. The molecule has 0 radical (unpaired) electrons. The van der Waals surface area contributed by atoms with E-state index in [4.69, 9.17) is 0 Å². The van der Waals surface area contributed by atoms with Crippen molar-refractivity contribution in [3.63, 3.8) is 0 Å². The zero-order valence-electron chi connectivity index (χ0n) is 18.1. The molecule has 30 heavy (non-hydrogen) atoms. The van der Waals surface area contributed by atoms with Gasteiger partial charge in [0, 0.05) is 29.1 Å². The van der Waals surface area contributed by atoms with Crippen LogP contribution in [0, 0.1) is 20.8 Å². The van der Waals surface area contributed by atoms with E-state index in [1.807, 2.05) is 44.2 Å². The molecular weight excluding hydrogens is 374 g/mol. The third kappa shape index (κ3) is 4.42. The fourth-order valence-electron chi connectivity index (χ4n) is 4.16. The molecule has 2 heterocycles. The second-order valence-electron chi connectivity index (χ2n) is 8.23. The average molecular weight is 404 g/mol. The normalized spacial score (nSPS) is 14.0. The minimum Gasteiger partial charge on any atom is -0.348 e. The van der Waals surface area contributed by atoms with Crippen molar-refractivity contribution in [3.8, 4) is 11.4 Å². The highest BCUT2D eigenvalue weighted by Crippen LogP contribution is 2.23. The van der Waals surface area contributed by atoms with Gasteiger partial charge in [-0.25, -0.2) is 0 Å². The molecule has 156 valence electrons. The number of carbonyl (C=O) groups excluding carboxylic acids is 1. The van der Waals surface area contributed by atoms with Crippen LogP contribution in [0.25, 0.3) is 11.4 Å². The zero-order chi connectivity index (χ0) is 21.1. The first kappa shape index (κ1) is 20.3. The summed E-state index contributed by atoms with van der Waals surface area (Å²) in [7, 11) is 0. The molecule has 0 unspecified atom stereocenters. The molecule has 0 amide bonds. The summed E-state index contributed by atoms with van der Waals surface area (Å²) < 4.78 is 2.26. The molecule has 1 aliphatic rings. The summed E-state index contributed by atoms with van der Waals surface area (Å²) in [6.45, 7) is 7.16. The Balaban J connectivity index is 1.45. The number of Topliss-reactive ketones (excluding diaryl/α,β-unsaturated/α-hetero) is 1. The summed E-state index contributed by atoms with van der Waals surface area (Å²) >= 11 is 0. The van der Waals surface area contributed by atoms with Crippen LogP contribution >= 0.6 is 0 Å². The molecule has 0 aliphatic heterocycles. The van der Waals surface area contributed by atoms with Gasteiger partial charge in [-0.3, -0.25) is 4.79 Å². The molecule has 0 fully saturated rings. The van der Waals surface area contributed by atoms with Crippen LogP contribution in [0.15, 0.2) is 42.0 Å².